The van der Waals surface area contributed by atoms with Crippen molar-refractivity contribution in [1.82, 2.24) is 14.7 Å². The molecule has 1 saturated heterocycles. The van der Waals surface area contributed by atoms with Gasteiger partial charge in [0, 0.05) is 19.2 Å². The van der Waals surface area contributed by atoms with Crippen LogP contribution in [0, 0.1) is 5.92 Å². The third kappa shape index (κ3) is 3.55. The molecule has 0 spiro atoms. The summed E-state index contributed by atoms with van der Waals surface area (Å²) in [6, 6.07) is 9.86. The van der Waals surface area contributed by atoms with E-state index in [-0.39, 0.29) is 11.5 Å². The Hall–Kier alpha value is -2.30. The topological polar surface area (TPSA) is 58.1 Å². The summed E-state index contributed by atoms with van der Waals surface area (Å²) in [4.78, 5) is 26.4. The number of nitrogens with one attached hydrogen (secondary N) is 1. The molecule has 1 aliphatic rings. The molecule has 1 atom stereocenters. The van der Waals surface area contributed by atoms with Crippen LogP contribution in [0.3, 0.4) is 0 Å². The highest BCUT2D eigenvalue weighted by Crippen LogP contribution is 2.23. The number of H-pyrrole nitrogens is 1. The molecule has 0 aliphatic carbocycles. The molecule has 0 bridgehead atoms. The standard InChI is InChI=1S/C18H23N3O2/c1-2-6-15-9-17(22)20(11-15)13-16-10-19-21(18(16)23)12-14-7-4-3-5-8-14/h3-5,7-8,10,15,19H,2,6,9,11-13H2,1H3. The van der Waals surface area contributed by atoms with E-state index in [1.54, 1.807) is 10.9 Å². The molecule has 1 unspecified atom stereocenters. The van der Waals surface area contributed by atoms with Crippen LogP contribution in [-0.4, -0.2) is 27.1 Å². The molecule has 1 aromatic heterocycles. The predicted octanol–water partition coefficient (Wildman–Crippen LogP) is 2.37. The van der Waals surface area contributed by atoms with Crippen molar-refractivity contribution < 1.29 is 4.79 Å². The van der Waals surface area contributed by atoms with Gasteiger partial charge in [0.15, 0.2) is 0 Å². The summed E-state index contributed by atoms with van der Waals surface area (Å²) in [7, 11) is 0. The van der Waals surface area contributed by atoms with Crippen LogP contribution in [-0.2, 0) is 17.9 Å². The van der Waals surface area contributed by atoms with Crippen LogP contribution in [0.15, 0.2) is 41.3 Å². The second-order valence-electron chi connectivity index (χ2n) is 6.31. The van der Waals surface area contributed by atoms with Crippen molar-refractivity contribution in [2.75, 3.05) is 6.54 Å². The van der Waals surface area contributed by atoms with Crippen LogP contribution in [0.2, 0.25) is 0 Å². The first-order valence-corrected chi connectivity index (χ1v) is 8.26. The fraction of sp³-hybridized carbons (Fsp3) is 0.444. The van der Waals surface area contributed by atoms with Gasteiger partial charge in [-0.1, -0.05) is 43.7 Å². The van der Waals surface area contributed by atoms with Crippen molar-refractivity contribution in [3.8, 4) is 0 Å². The Kier molecular flexibility index (Phi) is 4.65. The molecule has 1 aliphatic heterocycles. The fourth-order valence-electron chi connectivity index (χ4n) is 3.26. The van der Waals surface area contributed by atoms with Gasteiger partial charge in [-0.3, -0.25) is 9.59 Å². The van der Waals surface area contributed by atoms with Gasteiger partial charge in [-0.05, 0) is 17.9 Å². The predicted molar refractivity (Wildman–Crippen MR) is 89.0 cm³/mol. The summed E-state index contributed by atoms with van der Waals surface area (Å²) in [5, 5.41) is 3.01. The molecule has 122 valence electrons. The Bertz CT molecular complexity index is 717. The van der Waals surface area contributed by atoms with E-state index in [1.807, 2.05) is 35.2 Å². The van der Waals surface area contributed by atoms with E-state index >= 15 is 0 Å². The van der Waals surface area contributed by atoms with Gasteiger partial charge in [0.25, 0.3) is 5.56 Å². The number of hydrogen-bond donors (Lipinski definition) is 1. The number of aromatic amines is 1. The van der Waals surface area contributed by atoms with Gasteiger partial charge in [0.2, 0.25) is 5.91 Å². The largest absolute Gasteiger partial charge is 0.338 e. The van der Waals surface area contributed by atoms with Crippen molar-refractivity contribution in [2.24, 2.45) is 5.92 Å². The molecule has 23 heavy (non-hydrogen) atoms. The molecule has 1 N–H and O–H groups in total. The molecule has 5 nitrogen and oxygen atoms in total. The Morgan fingerprint density at radius 3 is 2.70 bits per heavy atom. The van der Waals surface area contributed by atoms with Crippen LogP contribution in [0.1, 0.15) is 37.3 Å². The van der Waals surface area contributed by atoms with Gasteiger partial charge in [-0.15, -0.1) is 0 Å². The van der Waals surface area contributed by atoms with Crippen molar-refractivity contribution in [3.05, 3.63) is 58.0 Å². The second-order valence-corrected chi connectivity index (χ2v) is 6.31. The lowest BCUT2D eigenvalue weighted by atomic mass is 10.0. The quantitative estimate of drug-likeness (QED) is 0.890. The monoisotopic (exact) mass is 313 g/mol. The summed E-state index contributed by atoms with van der Waals surface area (Å²) in [5.41, 5.74) is 1.69. The summed E-state index contributed by atoms with van der Waals surface area (Å²) in [6.45, 7) is 3.85. The summed E-state index contributed by atoms with van der Waals surface area (Å²) in [6.07, 6.45) is 4.52. The lowest BCUT2D eigenvalue weighted by Gasteiger charge is -2.14. The molecule has 1 aromatic carbocycles. The SMILES string of the molecule is CCCC1CC(=O)N(Cc2c[nH]n(Cc3ccccc3)c2=O)C1. The number of amides is 1. The Labute approximate surface area is 135 Å². The van der Waals surface area contributed by atoms with Gasteiger partial charge in [0.1, 0.15) is 0 Å². The normalized spacial score (nSPS) is 17.9. The molecule has 2 heterocycles. The first-order chi connectivity index (χ1) is 11.2. The second kappa shape index (κ2) is 6.86. The van der Waals surface area contributed by atoms with Crippen molar-refractivity contribution in [1.29, 1.82) is 0 Å². The molecular formula is C18H23N3O2. The molecule has 5 heteroatoms. The first kappa shape index (κ1) is 15.6. The summed E-state index contributed by atoms with van der Waals surface area (Å²) < 4.78 is 1.59. The van der Waals surface area contributed by atoms with Gasteiger partial charge < -0.3 is 10.00 Å². The molecule has 0 saturated carbocycles. The first-order valence-electron chi connectivity index (χ1n) is 8.26. The number of nitrogens with zero attached hydrogens (tertiary/aromatic N) is 2. The highest BCUT2D eigenvalue weighted by atomic mass is 16.2. The number of carbonyl (C=O) groups excluding carboxylic acids is 1. The Morgan fingerprint density at radius 1 is 1.17 bits per heavy atom. The molecule has 0 radical (unpaired) electrons. The van der Waals surface area contributed by atoms with E-state index in [4.69, 9.17) is 0 Å². The number of benzene rings is 1. The maximum absolute atomic E-state index is 12.5. The minimum absolute atomic E-state index is 0.0411. The molecular weight excluding hydrogens is 290 g/mol. The lowest BCUT2D eigenvalue weighted by molar-refractivity contribution is -0.128. The third-order valence-electron chi connectivity index (χ3n) is 4.45. The van der Waals surface area contributed by atoms with E-state index < -0.39 is 0 Å². The van der Waals surface area contributed by atoms with Gasteiger partial charge in [-0.2, -0.15) is 0 Å². The zero-order valence-corrected chi connectivity index (χ0v) is 13.5. The third-order valence-corrected chi connectivity index (χ3v) is 4.45. The van der Waals surface area contributed by atoms with E-state index in [0.717, 1.165) is 24.9 Å². The van der Waals surface area contributed by atoms with Crippen LogP contribution in [0.25, 0.3) is 0 Å². The van der Waals surface area contributed by atoms with Crippen molar-refractivity contribution >= 4 is 5.91 Å². The molecule has 1 amide bonds. The smallest absolute Gasteiger partial charge is 0.271 e. The van der Waals surface area contributed by atoms with Crippen LogP contribution >= 0.6 is 0 Å². The molecule has 3 rings (SSSR count). The number of likely N-dealkylation sites (tertiary alicyclic amines) is 1. The minimum Gasteiger partial charge on any atom is -0.338 e. The zero-order valence-electron chi connectivity index (χ0n) is 13.5. The lowest BCUT2D eigenvalue weighted by Crippen LogP contribution is -2.28. The highest BCUT2D eigenvalue weighted by Gasteiger charge is 2.29. The molecule has 1 fully saturated rings. The average Bonchev–Trinajstić information content (AvgIpc) is 3.06. The van der Waals surface area contributed by atoms with Crippen LogP contribution < -0.4 is 5.56 Å². The summed E-state index contributed by atoms with van der Waals surface area (Å²) >= 11 is 0. The van der Waals surface area contributed by atoms with Gasteiger partial charge in [-0.25, -0.2) is 4.68 Å². The minimum atomic E-state index is -0.0411. The van der Waals surface area contributed by atoms with E-state index in [0.29, 0.717) is 31.0 Å². The zero-order chi connectivity index (χ0) is 16.2. The highest BCUT2D eigenvalue weighted by molar-refractivity contribution is 5.78. The maximum Gasteiger partial charge on any atom is 0.271 e. The van der Waals surface area contributed by atoms with Crippen molar-refractivity contribution in [3.63, 3.8) is 0 Å². The van der Waals surface area contributed by atoms with E-state index in [1.165, 1.54) is 0 Å². The van der Waals surface area contributed by atoms with Crippen LogP contribution in [0.4, 0.5) is 0 Å². The number of carbonyl (C=O) groups is 1. The number of hydrogen-bond acceptors (Lipinski definition) is 2. The van der Waals surface area contributed by atoms with Gasteiger partial charge >= 0.3 is 0 Å². The number of rotatable bonds is 6. The van der Waals surface area contributed by atoms with Crippen LogP contribution in [0.5, 0.6) is 0 Å². The molecule has 2 aromatic rings. The van der Waals surface area contributed by atoms with Crippen molar-refractivity contribution in [2.45, 2.75) is 39.3 Å². The maximum atomic E-state index is 12.5. The van der Waals surface area contributed by atoms with Gasteiger partial charge in [0.05, 0.1) is 18.7 Å². The Morgan fingerprint density at radius 2 is 1.96 bits per heavy atom. The Balaban J connectivity index is 1.68. The number of aromatic nitrogens is 2. The summed E-state index contributed by atoms with van der Waals surface area (Å²) in [5.74, 6) is 0.608. The fourth-order valence-corrected chi connectivity index (χ4v) is 3.26. The average molecular weight is 313 g/mol. The van der Waals surface area contributed by atoms with E-state index in [9.17, 15) is 9.59 Å². The van der Waals surface area contributed by atoms with E-state index in [2.05, 4.69) is 12.0 Å².